The average molecular weight is 508 g/mol. The molecule has 1 saturated heterocycles. The van der Waals surface area contributed by atoms with Crippen LogP contribution >= 0.6 is 0 Å². The van der Waals surface area contributed by atoms with Crippen molar-refractivity contribution in [3.05, 3.63) is 65.4 Å². The van der Waals surface area contributed by atoms with Crippen LogP contribution in [0.15, 0.2) is 53.4 Å². The molecule has 0 atom stereocenters. The number of rotatable bonds is 6. The molecule has 1 aliphatic carbocycles. The van der Waals surface area contributed by atoms with Crippen molar-refractivity contribution in [2.24, 2.45) is 0 Å². The van der Waals surface area contributed by atoms with Gasteiger partial charge in [0, 0.05) is 36.2 Å². The van der Waals surface area contributed by atoms with Gasteiger partial charge in [-0.15, -0.1) is 0 Å². The molecule has 1 aromatic heterocycles. The fourth-order valence-corrected chi connectivity index (χ4v) is 7.04. The summed E-state index contributed by atoms with van der Waals surface area (Å²) < 4.78 is 38.5. The number of esters is 1. The Balaban J connectivity index is 1.40. The molecule has 0 N–H and O–H groups in total. The molecule has 3 aromatic rings. The van der Waals surface area contributed by atoms with E-state index in [4.69, 9.17) is 9.47 Å². The lowest BCUT2D eigenvalue weighted by atomic mass is 9.94. The fraction of sp³-hybridized carbons (Fsp3) is 0.407. The molecule has 3 aliphatic rings. The van der Waals surface area contributed by atoms with Crippen molar-refractivity contribution in [1.82, 2.24) is 14.7 Å². The van der Waals surface area contributed by atoms with E-state index in [2.05, 4.69) is 22.1 Å². The second kappa shape index (κ2) is 8.83. The van der Waals surface area contributed by atoms with Gasteiger partial charge in [-0.1, -0.05) is 30.3 Å². The predicted molar refractivity (Wildman–Crippen MR) is 134 cm³/mol. The average Bonchev–Trinajstić information content (AvgIpc) is 3.57. The van der Waals surface area contributed by atoms with Gasteiger partial charge in [0.05, 0.1) is 41.9 Å². The van der Waals surface area contributed by atoms with E-state index in [1.54, 1.807) is 35.9 Å². The summed E-state index contributed by atoms with van der Waals surface area (Å²) in [6.45, 7) is 6.46. The monoisotopic (exact) mass is 507 g/mol. The highest BCUT2D eigenvalue weighted by atomic mass is 32.2. The third-order valence-corrected chi connectivity index (χ3v) is 9.17. The molecular formula is C27H29N3O5S. The molecule has 188 valence electrons. The van der Waals surface area contributed by atoms with Crippen molar-refractivity contribution in [2.75, 3.05) is 39.5 Å². The molecule has 36 heavy (non-hydrogen) atoms. The van der Waals surface area contributed by atoms with E-state index in [1.807, 2.05) is 12.1 Å². The maximum Gasteiger partial charge on any atom is 0.359 e. The normalized spacial score (nSPS) is 19.8. The minimum atomic E-state index is -3.60. The van der Waals surface area contributed by atoms with Gasteiger partial charge in [-0.25, -0.2) is 17.9 Å². The molecule has 0 unspecified atom stereocenters. The summed E-state index contributed by atoms with van der Waals surface area (Å²) in [4.78, 5) is 15.5. The molecule has 0 bridgehead atoms. The standard InChI is InChI=1S/C27H29N3O5S/c1-2-35-26(31)24-22-17-36(32,33)23-6-4-3-5-21(23)25(22)30(28-24)20-9-7-19(8-10-20)27(11-12-27)18-29-13-15-34-16-14-29/h3-10H,2,11-18H2,1H3. The van der Waals surface area contributed by atoms with Crippen LogP contribution in [-0.2, 0) is 30.5 Å². The number of hydrogen-bond donors (Lipinski definition) is 0. The molecule has 3 heterocycles. The molecule has 2 aromatic carbocycles. The van der Waals surface area contributed by atoms with E-state index in [1.165, 1.54) is 18.4 Å². The summed E-state index contributed by atoms with van der Waals surface area (Å²) in [5.41, 5.74) is 3.88. The Morgan fingerprint density at radius 2 is 1.81 bits per heavy atom. The first-order valence-electron chi connectivity index (χ1n) is 12.4. The minimum absolute atomic E-state index is 0.0555. The van der Waals surface area contributed by atoms with Gasteiger partial charge < -0.3 is 9.47 Å². The lowest BCUT2D eigenvalue weighted by molar-refractivity contribution is 0.0336. The number of ether oxygens (including phenoxy) is 2. The molecule has 2 fully saturated rings. The summed E-state index contributed by atoms with van der Waals surface area (Å²) in [6.07, 6.45) is 2.33. The quantitative estimate of drug-likeness (QED) is 0.473. The molecule has 0 radical (unpaired) electrons. The van der Waals surface area contributed by atoms with Crippen molar-refractivity contribution in [3.8, 4) is 16.9 Å². The number of benzene rings is 2. The smallest absolute Gasteiger partial charge is 0.359 e. The number of aromatic nitrogens is 2. The Bertz CT molecular complexity index is 1420. The van der Waals surface area contributed by atoms with Crippen LogP contribution in [0.5, 0.6) is 0 Å². The van der Waals surface area contributed by atoms with Crippen molar-refractivity contribution in [3.63, 3.8) is 0 Å². The van der Waals surface area contributed by atoms with Crippen LogP contribution in [-0.4, -0.2) is 68.5 Å². The minimum Gasteiger partial charge on any atom is -0.461 e. The third-order valence-electron chi connectivity index (χ3n) is 7.47. The Hall–Kier alpha value is -3.01. The second-order valence-electron chi connectivity index (χ2n) is 9.78. The SMILES string of the molecule is CCOC(=O)c1nn(-c2ccc(C3(CN4CCOCC4)CC3)cc2)c2c1CS(=O)(=O)c1ccccc1-2. The molecule has 9 heteroatoms. The van der Waals surface area contributed by atoms with Gasteiger partial charge in [-0.05, 0) is 43.5 Å². The number of carbonyl (C=O) groups is 1. The lowest BCUT2D eigenvalue weighted by Crippen LogP contribution is -2.41. The summed E-state index contributed by atoms with van der Waals surface area (Å²) in [6, 6.07) is 15.2. The Morgan fingerprint density at radius 3 is 2.50 bits per heavy atom. The zero-order valence-corrected chi connectivity index (χ0v) is 21.1. The van der Waals surface area contributed by atoms with Gasteiger partial charge >= 0.3 is 5.97 Å². The van der Waals surface area contributed by atoms with Crippen LogP contribution < -0.4 is 0 Å². The van der Waals surface area contributed by atoms with E-state index in [0.717, 1.165) is 38.5 Å². The van der Waals surface area contributed by atoms with E-state index in [-0.39, 0.29) is 28.4 Å². The fourth-order valence-electron chi connectivity index (χ4n) is 5.45. The molecule has 2 aliphatic heterocycles. The number of morpholine rings is 1. The van der Waals surface area contributed by atoms with Gasteiger partial charge in [0.25, 0.3) is 0 Å². The Labute approximate surface area is 210 Å². The van der Waals surface area contributed by atoms with E-state index in [0.29, 0.717) is 16.8 Å². The highest BCUT2D eigenvalue weighted by molar-refractivity contribution is 7.90. The van der Waals surface area contributed by atoms with Crippen molar-refractivity contribution in [2.45, 2.75) is 35.8 Å². The van der Waals surface area contributed by atoms with Crippen LogP contribution in [0.2, 0.25) is 0 Å². The molecule has 0 spiro atoms. The number of fused-ring (bicyclic) bond motifs is 3. The first-order chi connectivity index (χ1) is 17.4. The topological polar surface area (TPSA) is 90.7 Å². The molecule has 8 nitrogen and oxygen atoms in total. The highest BCUT2D eigenvalue weighted by Crippen LogP contribution is 2.49. The summed E-state index contributed by atoms with van der Waals surface area (Å²) in [5.74, 6) is -0.894. The zero-order chi connectivity index (χ0) is 24.9. The Kier molecular flexibility index (Phi) is 5.74. The van der Waals surface area contributed by atoms with Crippen LogP contribution in [0, 0.1) is 0 Å². The summed E-state index contributed by atoms with van der Waals surface area (Å²) in [5, 5.41) is 4.60. The zero-order valence-electron chi connectivity index (χ0n) is 20.3. The molecule has 1 saturated carbocycles. The van der Waals surface area contributed by atoms with Crippen LogP contribution in [0.1, 0.15) is 41.4 Å². The van der Waals surface area contributed by atoms with Crippen molar-refractivity contribution >= 4 is 15.8 Å². The molecule has 6 rings (SSSR count). The predicted octanol–water partition coefficient (Wildman–Crippen LogP) is 3.37. The van der Waals surface area contributed by atoms with E-state index in [9.17, 15) is 13.2 Å². The maximum atomic E-state index is 13.0. The second-order valence-corrected chi connectivity index (χ2v) is 11.7. The summed E-state index contributed by atoms with van der Waals surface area (Å²) in [7, 11) is -3.60. The van der Waals surface area contributed by atoms with Gasteiger partial charge in [0.1, 0.15) is 0 Å². The van der Waals surface area contributed by atoms with Crippen LogP contribution in [0.3, 0.4) is 0 Å². The Morgan fingerprint density at radius 1 is 1.08 bits per heavy atom. The van der Waals surface area contributed by atoms with Crippen LogP contribution in [0.4, 0.5) is 0 Å². The first-order valence-corrected chi connectivity index (χ1v) is 14.1. The van der Waals surface area contributed by atoms with Crippen LogP contribution in [0.25, 0.3) is 16.9 Å². The highest BCUT2D eigenvalue weighted by Gasteiger charge is 2.45. The first kappa shape index (κ1) is 23.4. The number of sulfone groups is 1. The van der Waals surface area contributed by atoms with Gasteiger partial charge in [0.15, 0.2) is 15.5 Å². The number of carbonyl (C=O) groups excluding carboxylic acids is 1. The van der Waals surface area contributed by atoms with Crippen molar-refractivity contribution < 1.29 is 22.7 Å². The van der Waals surface area contributed by atoms with E-state index < -0.39 is 15.8 Å². The third kappa shape index (κ3) is 3.95. The lowest BCUT2D eigenvalue weighted by Gasteiger charge is -2.30. The summed E-state index contributed by atoms with van der Waals surface area (Å²) >= 11 is 0. The molecular weight excluding hydrogens is 478 g/mol. The van der Waals surface area contributed by atoms with Gasteiger partial charge in [-0.2, -0.15) is 5.10 Å². The van der Waals surface area contributed by atoms with Gasteiger partial charge in [0.2, 0.25) is 0 Å². The van der Waals surface area contributed by atoms with Gasteiger partial charge in [-0.3, -0.25) is 4.90 Å². The van der Waals surface area contributed by atoms with Crippen molar-refractivity contribution in [1.29, 1.82) is 0 Å². The number of hydrogen-bond acceptors (Lipinski definition) is 7. The largest absolute Gasteiger partial charge is 0.461 e. The number of nitrogens with zero attached hydrogens (tertiary/aromatic N) is 3. The van der Waals surface area contributed by atoms with E-state index >= 15 is 0 Å². The maximum absolute atomic E-state index is 13.0. The molecule has 0 amide bonds.